The molecule has 1 fully saturated rings. The Bertz CT molecular complexity index is 937. The molecule has 0 unspecified atom stereocenters. The highest BCUT2D eigenvalue weighted by Gasteiger charge is 2.29. The molecule has 2 aromatic heterocycles. The second kappa shape index (κ2) is 6.47. The molecule has 1 aliphatic heterocycles. The van der Waals surface area contributed by atoms with Gasteiger partial charge in [0.2, 0.25) is 0 Å². The minimum absolute atomic E-state index is 0.0121. The van der Waals surface area contributed by atoms with Crippen molar-refractivity contribution >= 4 is 17.2 Å². The summed E-state index contributed by atoms with van der Waals surface area (Å²) >= 11 is 0. The van der Waals surface area contributed by atoms with Gasteiger partial charge in [-0.25, -0.2) is 4.98 Å². The van der Waals surface area contributed by atoms with Gasteiger partial charge in [-0.15, -0.1) is 0 Å². The van der Waals surface area contributed by atoms with E-state index in [1.165, 1.54) is 18.2 Å². The van der Waals surface area contributed by atoms with Crippen molar-refractivity contribution in [3.05, 3.63) is 66.1 Å². The van der Waals surface area contributed by atoms with E-state index in [9.17, 15) is 4.53 Å². The van der Waals surface area contributed by atoms with E-state index in [0.717, 1.165) is 18.9 Å². The third-order valence-corrected chi connectivity index (χ3v) is 4.50. The highest BCUT2D eigenvalue weighted by Crippen LogP contribution is 2.28. The molecule has 0 aliphatic carbocycles. The highest BCUT2D eigenvalue weighted by molar-refractivity contribution is 6.14. The van der Waals surface area contributed by atoms with Crippen molar-refractivity contribution in [2.45, 2.75) is 6.04 Å². The topological polar surface area (TPSA) is 93.0 Å². The molecule has 1 aromatic carbocycles. The summed E-state index contributed by atoms with van der Waals surface area (Å²) in [6.07, 6.45) is 5.37. The molecule has 0 atom stereocenters. The molecule has 0 amide bonds. The number of rotatable bonds is 5. The number of nitrogens with zero attached hydrogens (tertiary/aromatic N) is 4. The zero-order chi connectivity index (χ0) is 18.1. The number of nitrogens with one attached hydrogen (secondary N) is 1. The third kappa shape index (κ3) is 2.85. The van der Waals surface area contributed by atoms with Crippen molar-refractivity contribution in [3.8, 4) is 5.75 Å². The molecule has 7 nitrogen and oxygen atoms in total. The summed E-state index contributed by atoms with van der Waals surface area (Å²) in [5, 5.41) is 12.7. The Morgan fingerprint density at radius 3 is 2.81 bits per heavy atom. The van der Waals surface area contributed by atoms with Crippen molar-refractivity contribution in [1.82, 2.24) is 14.8 Å². The van der Waals surface area contributed by atoms with Crippen LogP contribution in [0.2, 0.25) is 0 Å². The predicted octanol–water partition coefficient (Wildman–Crippen LogP) is 2.60. The fourth-order valence-corrected chi connectivity index (χ4v) is 3.01. The Hall–Kier alpha value is -3.42. The molecule has 26 heavy (non-hydrogen) atoms. The minimum Gasteiger partial charge on any atom is -0.398 e. The quantitative estimate of drug-likeness (QED) is 0.544. The van der Waals surface area contributed by atoms with Gasteiger partial charge in [0.05, 0.1) is 11.8 Å². The summed E-state index contributed by atoms with van der Waals surface area (Å²) < 4.78 is 14.4. The molecule has 1 aliphatic rings. The average molecular weight is 352 g/mol. The van der Waals surface area contributed by atoms with Crippen LogP contribution in [0.3, 0.4) is 0 Å². The summed E-state index contributed by atoms with van der Waals surface area (Å²) in [6.45, 7) is 1.61. The Balaban J connectivity index is 1.54. The molecule has 0 saturated carbocycles. The van der Waals surface area contributed by atoms with Crippen LogP contribution in [0.1, 0.15) is 17.2 Å². The summed E-state index contributed by atoms with van der Waals surface area (Å²) in [5.41, 5.74) is 7.58. The van der Waals surface area contributed by atoms with Gasteiger partial charge in [0.25, 0.3) is 0 Å². The Kier molecular flexibility index (Phi) is 4.00. The van der Waals surface area contributed by atoms with Gasteiger partial charge in [0, 0.05) is 53.0 Å². The highest BCUT2D eigenvalue weighted by atomic mass is 19.3. The van der Waals surface area contributed by atoms with Crippen LogP contribution in [0.4, 0.5) is 16.0 Å². The number of halogens is 1. The van der Waals surface area contributed by atoms with E-state index in [1.807, 2.05) is 23.0 Å². The van der Waals surface area contributed by atoms with Gasteiger partial charge in [-0.1, -0.05) is 0 Å². The summed E-state index contributed by atoms with van der Waals surface area (Å²) in [4.78, 5) is 10.3. The Labute approximate surface area is 149 Å². The molecular formula is C18H17FN6O. The standard InChI is InChI=1S/C18H17FN6O/c19-26-14-2-3-16(20)15(9-14)18(21)12-4-6-22-17(8-12)24-10-13(11-24)25-7-1-5-23-25/h1-9,13,21H,10-11,20H2. The third-order valence-electron chi connectivity index (χ3n) is 4.50. The van der Waals surface area contributed by atoms with Crippen LogP contribution >= 0.6 is 0 Å². The fraction of sp³-hybridized carbons (Fsp3) is 0.167. The molecule has 0 bridgehead atoms. The number of hydrogen-bond donors (Lipinski definition) is 2. The molecule has 0 spiro atoms. The first-order valence-electron chi connectivity index (χ1n) is 8.13. The lowest BCUT2D eigenvalue weighted by molar-refractivity contribution is -0.00619. The molecule has 3 aromatic rings. The Morgan fingerprint density at radius 2 is 2.08 bits per heavy atom. The number of pyridine rings is 1. The number of hydrogen-bond acceptors (Lipinski definition) is 6. The zero-order valence-electron chi connectivity index (χ0n) is 13.8. The van der Waals surface area contributed by atoms with Crippen LogP contribution in [0.25, 0.3) is 0 Å². The molecule has 3 heterocycles. The lowest BCUT2D eigenvalue weighted by Crippen LogP contribution is -2.48. The first kappa shape index (κ1) is 16.1. The van der Waals surface area contributed by atoms with Crippen LogP contribution in [0.15, 0.2) is 55.0 Å². The minimum atomic E-state index is 0.0121. The Morgan fingerprint density at radius 1 is 1.23 bits per heavy atom. The maximum atomic E-state index is 12.4. The summed E-state index contributed by atoms with van der Waals surface area (Å²) in [5.74, 6) is 0.796. The van der Waals surface area contributed by atoms with E-state index >= 15 is 0 Å². The maximum absolute atomic E-state index is 12.4. The second-order valence-electron chi connectivity index (χ2n) is 6.15. The van der Waals surface area contributed by atoms with E-state index in [-0.39, 0.29) is 11.5 Å². The lowest BCUT2D eigenvalue weighted by Gasteiger charge is -2.40. The number of nitrogens with two attached hydrogens (primary N) is 1. The summed E-state index contributed by atoms with van der Waals surface area (Å²) in [6, 6.07) is 10.1. The molecule has 3 N–H and O–H groups in total. The normalized spacial score (nSPS) is 14.1. The van der Waals surface area contributed by atoms with Gasteiger partial charge >= 0.3 is 0 Å². The fourth-order valence-electron chi connectivity index (χ4n) is 3.01. The van der Waals surface area contributed by atoms with Crippen LogP contribution in [0.5, 0.6) is 5.75 Å². The van der Waals surface area contributed by atoms with Crippen molar-refractivity contribution in [3.63, 3.8) is 0 Å². The zero-order valence-corrected chi connectivity index (χ0v) is 13.8. The van der Waals surface area contributed by atoms with E-state index in [1.54, 1.807) is 18.5 Å². The first-order chi connectivity index (χ1) is 12.7. The maximum Gasteiger partial charge on any atom is 0.172 e. The first-order valence-corrected chi connectivity index (χ1v) is 8.13. The van der Waals surface area contributed by atoms with E-state index < -0.39 is 0 Å². The van der Waals surface area contributed by atoms with E-state index in [4.69, 9.17) is 11.1 Å². The molecule has 4 rings (SSSR count). The van der Waals surface area contributed by atoms with Gasteiger partial charge < -0.3 is 10.6 Å². The number of nitrogen functional groups attached to an aromatic ring is 1. The molecule has 132 valence electrons. The van der Waals surface area contributed by atoms with Gasteiger partial charge in [-0.05, 0) is 36.4 Å². The van der Waals surface area contributed by atoms with Crippen molar-refractivity contribution < 1.29 is 9.47 Å². The molecular weight excluding hydrogens is 335 g/mol. The molecule has 0 radical (unpaired) electrons. The van der Waals surface area contributed by atoms with Crippen LogP contribution in [0, 0.1) is 5.41 Å². The molecule has 8 heteroatoms. The van der Waals surface area contributed by atoms with Crippen molar-refractivity contribution in [1.29, 1.82) is 5.41 Å². The van der Waals surface area contributed by atoms with Crippen LogP contribution < -0.4 is 15.6 Å². The van der Waals surface area contributed by atoms with Crippen molar-refractivity contribution in [2.24, 2.45) is 0 Å². The number of anilines is 2. The molecule has 1 saturated heterocycles. The average Bonchev–Trinajstić information content (AvgIpc) is 3.15. The number of benzene rings is 1. The van der Waals surface area contributed by atoms with Gasteiger partial charge in [0.1, 0.15) is 5.82 Å². The van der Waals surface area contributed by atoms with Crippen LogP contribution in [-0.2, 0) is 0 Å². The van der Waals surface area contributed by atoms with Crippen molar-refractivity contribution in [2.75, 3.05) is 23.7 Å². The van der Waals surface area contributed by atoms with E-state index in [0.29, 0.717) is 22.9 Å². The number of aromatic nitrogens is 3. The van der Waals surface area contributed by atoms with Gasteiger partial charge in [-0.2, -0.15) is 5.10 Å². The second-order valence-corrected chi connectivity index (χ2v) is 6.15. The van der Waals surface area contributed by atoms with Gasteiger partial charge in [0.15, 0.2) is 5.75 Å². The SMILES string of the molecule is N=C(c1ccnc(N2CC(n3cccn3)C2)c1)c1cc(OF)ccc1N. The van der Waals surface area contributed by atoms with E-state index in [2.05, 4.69) is 19.9 Å². The largest absolute Gasteiger partial charge is 0.398 e. The smallest absolute Gasteiger partial charge is 0.172 e. The summed E-state index contributed by atoms with van der Waals surface area (Å²) in [7, 11) is 0. The predicted molar refractivity (Wildman–Crippen MR) is 96.2 cm³/mol. The monoisotopic (exact) mass is 352 g/mol. The van der Waals surface area contributed by atoms with Gasteiger partial charge in [-0.3, -0.25) is 15.0 Å². The van der Waals surface area contributed by atoms with Crippen LogP contribution in [-0.4, -0.2) is 33.6 Å². The lowest BCUT2D eigenvalue weighted by atomic mass is 10.0.